The summed E-state index contributed by atoms with van der Waals surface area (Å²) in [5.41, 5.74) is -0.762. The second-order valence-electron chi connectivity index (χ2n) is 11.9. The molecule has 0 fully saturated rings. The van der Waals surface area contributed by atoms with E-state index in [9.17, 15) is 30.0 Å². The molecule has 50 heavy (non-hydrogen) atoms. The second kappa shape index (κ2) is 22.5. The van der Waals surface area contributed by atoms with Crippen LogP contribution in [0.4, 0.5) is 13.2 Å². The van der Waals surface area contributed by atoms with Gasteiger partial charge in [-0.2, -0.15) is 30.0 Å². The van der Waals surface area contributed by atoms with Crippen LogP contribution in [0.1, 0.15) is 115 Å². The summed E-state index contributed by atoms with van der Waals surface area (Å²) in [5.74, 6) is 0.391. The minimum Gasteiger partial charge on any atom is -0.493 e. The first kappa shape index (κ1) is 42.8. The third-order valence-electron chi connectivity index (χ3n) is 7.52. The fraction of sp³-hybridized carbons (Fsp3) is 0.600. The lowest BCUT2D eigenvalue weighted by Crippen LogP contribution is -2.25. The van der Waals surface area contributed by atoms with Gasteiger partial charge in [0.2, 0.25) is 0 Å². The van der Waals surface area contributed by atoms with Crippen molar-refractivity contribution in [3.63, 3.8) is 0 Å². The fourth-order valence-corrected chi connectivity index (χ4v) is 6.34. The summed E-state index contributed by atoms with van der Waals surface area (Å²) < 4.78 is 110. The number of nitrogens with zero attached hydrogens (tertiary/aromatic N) is 2. The molecule has 0 aliphatic heterocycles. The van der Waals surface area contributed by atoms with Crippen molar-refractivity contribution in [1.82, 2.24) is 0 Å². The van der Waals surface area contributed by atoms with E-state index in [1.54, 1.807) is 31.2 Å². The Morgan fingerprint density at radius 2 is 0.980 bits per heavy atom. The number of benzene rings is 2. The average Bonchev–Trinajstić information content (AvgIpc) is 3.07. The Morgan fingerprint density at radius 3 is 1.42 bits per heavy atom. The molecule has 0 amide bonds. The summed E-state index contributed by atoms with van der Waals surface area (Å²) >= 11 is 0. The maximum Gasteiger partial charge on any atom is 0.437 e. The number of hydrogen-bond acceptors (Lipinski definition) is 10. The van der Waals surface area contributed by atoms with Crippen LogP contribution >= 0.6 is 0 Å². The van der Waals surface area contributed by atoms with Crippen molar-refractivity contribution in [2.45, 2.75) is 110 Å². The van der Waals surface area contributed by atoms with Gasteiger partial charge in [-0.25, -0.2) is 0 Å². The molecule has 2 aromatic rings. The van der Waals surface area contributed by atoms with Crippen molar-refractivity contribution >= 4 is 31.7 Å². The monoisotopic (exact) mass is 748 g/mol. The number of rotatable bonds is 26. The number of hydrogen-bond donors (Lipinski definition) is 0. The van der Waals surface area contributed by atoms with Crippen molar-refractivity contribution in [2.24, 2.45) is 10.3 Å². The van der Waals surface area contributed by atoms with Gasteiger partial charge in [-0.15, -0.1) is 0 Å². The average molecular weight is 749 g/mol. The van der Waals surface area contributed by atoms with Gasteiger partial charge in [0, 0.05) is 12.0 Å². The number of unbranched alkanes of at least 4 members (excludes halogenated alkanes) is 10. The molecular formula is C35H51F3N2O8S2. The lowest BCUT2D eigenvalue weighted by Gasteiger charge is -2.12. The maximum absolute atomic E-state index is 13.7. The molecule has 2 rings (SSSR count). The Morgan fingerprint density at radius 1 is 0.580 bits per heavy atom. The van der Waals surface area contributed by atoms with Crippen LogP contribution in [0.5, 0.6) is 11.5 Å². The number of alkyl halides is 3. The van der Waals surface area contributed by atoms with E-state index >= 15 is 0 Å². The van der Waals surface area contributed by atoms with Gasteiger partial charge < -0.3 is 9.47 Å². The van der Waals surface area contributed by atoms with E-state index in [0.29, 0.717) is 48.6 Å². The molecule has 0 aromatic heterocycles. The molecule has 0 aliphatic carbocycles. The van der Waals surface area contributed by atoms with Gasteiger partial charge in [0.1, 0.15) is 11.5 Å². The zero-order valence-electron chi connectivity index (χ0n) is 29.3. The first-order valence-electron chi connectivity index (χ1n) is 17.2. The molecule has 0 N–H and O–H groups in total. The second-order valence-corrected chi connectivity index (χ2v) is 15.3. The van der Waals surface area contributed by atoms with Crippen molar-refractivity contribution < 1.29 is 48.0 Å². The first-order valence-corrected chi connectivity index (χ1v) is 20.4. The van der Waals surface area contributed by atoms with Crippen LogP contribution < -0.4 is 9.47 Å². The number of ether oxygens (including phenoxy) is 2. The van der Waals surface area contributed by atoms with Gasteiger partial charge in [-0.3, -0.25) is 8.57 Å². The summed E-state index contributed by atoms with van der Waals surface area (Å²) in [6.07, 6.45) is 6.10. The molecule has 0 heterocycles. The van der Waals surface area contributed by atoms with Crippen LogP contribution in [-0.4, -0.2) is 59.2 Å². The molecule has 0 bridgehead atoms. The summed E-state index contributed by atoms with van der Waals surface area (Å²) in [6, 6.07) is 11.8. The third kappa shape index (κ3) is 18.1. The standard InChI is InChI=1S/C35H51F3N2O8S2/c1-4-6-8-10-12-14-27-49(41,42)47-39-29(3)30-17-21-32(22-18-30)45-25-16-26-46-33-23-19-31(20-24-33)34(35(36,37)38)40-48-50(43,44)28-15-13-11-9-7-5-2/h17-24H,4-16,25-28H2,1-3H3/b39-29+,40-34-. The number of halogens is 3. The molecule has 15 heteroatoms. The van der Waals surface area contributed by atoms with Crippen LogP contribution in [0, 0.1) is 0 Å². The van der Waals surface area contributed by atoms with Crippen LogP contribution in [0.3, 0.4) is 0 Å². The smallest absolute Gasteiger partial charge is 0.437 e. The molecule has 0 spiro atoms. The van der Waals surface area contributed by atoms with E-state index in [2.05, 4.69) is 28.4 Å². The largest absolute Gasteiger partial charge is 0.493 e. The molecule has 0 aliphatic rings. The predicted octanol–water partition coefficient (Wildman–Crippen LogP) is 8.94. The van der Waals surface area contributed by atoms with Crippen LogP contribution in [0.2, 0.25) is 0 Å². The Labute approximate surface area is 295 Å². The highest BCUT2D eigenvalue weighted by Gasteiger charge is 2.38. The van der Waals surface area contributed by atoms with Gasteiger partial charge in [0.25, 0.3) is 0 Å². The van der Waals surface area contributed by atoms with E-state index in [1.807, 2.05) is 0 Å². The van der Waals surface area contributed by atoms with E-state index in [-0.39, 0.29) is 24.3 Å². The van der Waals surface area contributed by atoms with E-state index in [0.717, 1.165) is 69.9 Å². The quantitative estimate of drug-likeness (QED) is 0.0530. The highest BCUT2D eigenvalue weighted by molar-refractivity contribution is 7.86. The van der Waals surface area contributed by atoms with Crippen LogP contribution in [-0.2, 0) is 28.8 Å². The van der Waals surface area contributed by atoms with Gasteiger partial charge in [0.15, 0.2) is 5.71 Å². The number of oxime groups is 2. The third-order valence-corrected chi connectivity index (χ3v) is 9.70. The summed E-state index contributed by atoms with van der Waals surface area (Å²) in [5, 5.41) is 6.76. The molecule has 0 unspecified atom stereocenters. The van der Waals surface area contributed by atoms with E-state index in [4.69, 9.17) is 13.8 Å². The molecule has 2 aromatic carbocycles. The SMILES string of the molecule is CCCCCCCCS(=O)(=O)O/N=C(/c1ccc(OCCCOc2ccc(/C(C)=N/OS(=O)(=O)CCCCCCCC)cc2)cc1)C(F)(F)F. The highest BCUT2D eigenvalue weighted by Crippen LogP contribution is 2.25. The minimum absolute atomic E-state index is 0.0748. The first-order chi connectivity index (χ1) is 23.8. The molecule has 10 nitrogen and oxygen atoms in total. The Bertz CT molecular complexity index is 1530. The van der Waals surface area contributed by atoms with Crippen LogP contribution in [0.15, 0.2) is 58.8 Å². The molecule has 0 atom stereocenters. The van der Waals surface area contributed by atoms with Crippen LogP contribution in [0.25, 0.3) is 0 Å². The van der Waals surface area contributed by atoms with Crippen molar-refractivity contribution in [3.05, 3.63) is 59.7 Å². The van der Waals surface area contributed by atoms with E-state index < -0.39 is 37.9 Å². The molecular weight excluding hydrogens is 698 g/mol. The van der Waals surface area contributed by atoms with Gasteiger partial charge in [-0.1, -0.05) is 88.4 Å². The van der Waals surface area contributed by atoms with Crippen molar-refractivity contribution in [1.29, 1.82) is 0 Å². The normalized spacial score (nSPS) is 12.9. The predicted molar refractivity (Wildman–Crippen MR) is 190 cm³/mol. The summed E-state index contributed by atoms with van der Waals surface area (Å²) in [7, 11) is -8.00. The Balaban J connectivity index is 1.78. The van der Waals surface area contributed by atoms with E-state index in [1.165, 1.54) is 12.1 Å². The summed E-state index contributed by atoms with van der Waals surface area (Å²) in [6.45, 7) is 6.34. The molecule has 282 valence electrons. The Kier molecular flexibility index (Phi) is 19.3. The highest BCUT2D eigenvalue weighted by atomic mass is 32.2. The molecule has 0 saturated heterocycles. The van der Waals surface area contributed by atoms with Crippen molar-refractivity contribution in [3.8, 4) is 11.5 Å². The zero-order chi connectivity index (χ0) is 36.9. The lowest BCUT2D eigenvalue weighted by molar-refractivity contribution is -0.0597. The fourth-order valence-electron chi connectivity index (χ4n) is 4.66. The topological polar surface area (TPSA) is 130 Å². The molecule has 0 radical (unpaired) electrons. The molecule has 0 saturated carbocycles. The van der Waals surface area contributed by atoms with Crippen molar-refractivity contribution in [2.75, 3.05) is 24.7 Å². The van der Waals surface area contributed by atoms with Gasteiger partial charge in [-0.05, 0) is 73.9 Å². The maximum atomic E-state index is 13.7. The van der Waals surface area contributed by atoms with Gasteiger partial charge >= 0.3 is 26.4 Å². The lowest BCUT2D eigenvalue weighted by atomic mass is 10.1. The van der Waals surface area contributed by atoms with Gasteiger partial charge in [0.05, 0.1) is 30.4 Å². The Hall–Kier alpha value is -3.33. The minimum atomic E-state index is -4.94. The zero-order valence-corrected chi connectivity index (χ0v) is 30.9. The summed E-state index contributed by atoms with van der Waals surface area (Å²) in [4.78, 5) is 0.